The summed E-state index contributed by atoms with van der Waals surface area (Å²) >= 11 is 0. The van der Waals surface area contributed by atoms with E-state index in [4.69, 9.17) is 5.73 Å². The van der Waals surface area contributed by atoms with E-state index in [0.29, 0.717) is 71.6 Å². The summed E-state index contributed by atoms with van der Waals surface area (Å²) in [4.78, 5) is 57.0. The molecule has 0 unspecified atom stereocenters. The Labute approximate surface area is 589 Å². The fraction of sp³-hybridized carbons (Fsp3) is 0.440. The summed E-state index contributed by atoms with van der Waals surface area (Å²) in [5.41, 5.74) is 36.3. The van der Waals surface area contributed by atoms with Crippen molar-refractivity contribution in [2.24, 2.45) is 51.1 Å². The molecule has 4 aromatic carbocycles. The molecule has 4 saturated carbocycles. The van der Waals surface area contributed by atoms with Gasteiger partial charge in [-0.05, 0) is 161 Å². The van der Waals surface area contributed by atoms with E-state index in [2.05, 4.69) is 196 Å². The molecule has 97 heavy (non-hydrogen) atoms. The first-order valence-electron chi connectivity index (χ1n) is 34.3. The topological polar surface area (TPSA) is 212 Å². The minimum atomic E-state index is -0.255. The fourth-order valence-corrected chi connectivity index (χ4v) is 12.7. The Balaban J connectivity index is 0.0000120. The number of nitrogens with one attached hydrogen (secondary N) is 6. The van der Waals surface area contributed by atoms with Crippen LogP contribution < -0.4 is 27.0 Å². The van der Waals surface area contributed by atoms with Crippen LogP contribution in [0.5, 0.6) is 0 Å². The van der Waals surface area contributed by atoms with Crippen LogP contribution >= 0.6 is 0 Å². The van der Waals surface area contributed by atoms with E-state index in [1.165, 1.54) is 0 Å². The summed E-state index contributed by atoms with van der Waals surface area (Å²) in [5, 5.41) is 25.8. The Morgan fingerprint density at radius 3 is 1.14 bits per heavy atom. The zero-order chi connectivity index (χ0) is 70.8. The quantitative estimate of drug-likeness (QED) is 0.0934. The van der Waals surface area contributed by atoms with E-state index in [-0.39, 0.29) is 141 Å². The maximum Gasteiger partial charge on any atom is 3.00 e. The van der Waals surface area contributed by atoms with Crippen LogP contribution in [-0.4, -0.2) is 29.3 Å². The molecule has 4 fully saturated rings. The summed E-state index contributed by atoms with van der Waals surface area (Å²) in [6.07, 6.45) is 22.8. The van der Waals surface area contributed by atoms with Crippen molar-refractivity contribution in [3.8, 4) is 0 Å². The maximum absolute atomic E-state index is 14.2. The number of anilines is 4. The van der Waals surface area contributed by atoms with Gasteiger partial charge in [-0.15, -0.1) is 17.1 Å². The standard InChI is InChI=1S/C84H108N8O4.Co/c1-77(2,3)53-39-51(40-54(43-53)78(4,5)6)49-27-21-31-61(85)69(71-65(89-73(93)57-45-81(57,13)14)35-25-36-66(71)90-74(94)58-46-82(58,15)16)63(87)33-23-29-50(52-41-55(79(7,8)9)44-56(42-52)80(10,11)12)30-24-34-64(88)70(62(86)32-22-28-49)72-67(91-75(95)59-47-83(59,17)18)37-26-38-68(72)92-76(96)60-48-84(60,19)20;/h21-29,31-44,57-60H,30,45-48H2,1-20H3,(H11,85,86,87,88,89,90,91,92,93,94,95,96);/q;+3/p-3/b33-23-,34-24-,50-29-;/t57-,58-,59-,60-;/m1./s1. The average Bonchev–Trinajstić information content (AvgIpc) is 1.70. The van der Waals surface area contributed by atoms with Gasteiger partial charge in [0.25, 0.3) is 0 Å². The van der Waals surface area contributed by atoms with Gasteiger partial charge in [0, 0.05) is 40.5 Å². The van der Waals surface area contributed by atoms with Crippen molar-refractivity contribution in [3.63, 3.8) is 0 Å². The number of nitrogens with two attached hydrogens (primary N) is 1. The van der Waals surface area contributed by atoms with Crippen molar-refractivity contribution < 1.29 is 36.0 Å². The predicted octanol–water partition coefficient (Wildman–Crippen LogP) is 20.7. The normalized spacial score (nSPS) is 25.9. The van der Waals surface area contributed by atoms with Gasteiger partial charge in [-0.3, -0.25) is 19.2 Å². The van der Waals surface area contributed by atoms with Gasteiger partial charge in [0.1, 0.15) is 0 Å². The zero-order valence-corrected chi connectivity index (χ0v) is 62.2. The van der Waals surface area contributed by atoms with Gasteiger partial charge in [0.15, 0.2) is 0 Å². The number of benzene rings is 4. The Hall–Kier alpha value is -8.00. The van der Waals surface area contributed by atoms with E-state index >= 15 is 0 Å². The molecular weight excluding hydrogens is 1240 g/mol. The molecule has 9 rings (SSSR count). The number of carbonyl (C=O) groups excluding carboxylic acids is 4. The molecule has 0 spiro atoms. The zero-order valence-electron chi connectivity index (χ0n) is 61.1. The van der Waals surface area contributed by atoms with Gasteiger partial charge >= 0.3 is 16.8 Å². The molecule has 0 aliphatic heterocycles. The number of nitrogens with zero attached hydrogens (tertiary/aromatic N) is 1. The third-order valence-electron chi connectivity index (χ3n) is 20.4. The molecule has 0 radical (unpaired) electrons. The molecule has 4 amide bonds. The summed E-state index contributed by atoms with van der Waals surface area (Å²) < 4.78 is 0. The van der Waals surface area contributed by atoms with Crippen LogP contribution in [0.3, 0.4) is 0 Å². The molecule has 0 saturated heterocycles. The minimum Gasteiger partial charge on any atom is -0.803 e. The average molecular weight is 1350 g/mol. The maximum atomic E-state index is 14.2. The van der Waals surface area contributed by atoms with Crippen LogP contribution in [0.25, 0.3) is 39.2 Å². The Bertz CT molecular complexity index is 3950. The number of amides is 4. The summed E-state index contributed by atoms with van der Waals surface area (Å²) in [7, 11) is 0. The number of hydrogen-bond donors (Lipinski definition) is 5. The summed E-state index contributed by atoms with van der Waals surface area (Å²) in [5.74, 6) is -1.69. The molecule has 514 valence electrons. The van der Waals surface area contributed by atoms with Crippen molar-refractivity contribution in [1.82, 2.24) is 0 Å². The Morgan fingerprint density at radius 1 is 0.464 bits per heavy atom. The first-order chi connectivity index (χ1) is 44.4. The molecule has 0 heterocycles. The first kappa shape index (κ1) is 74.8. The monoisotopic (exact) mass is 1350 g/mol. The second-order valence-corrected chi connectivity index (χ2v) is 34.6. The van der Waals surface area contributed by atoms with Gasteiger partial charge < -0.3 is 43.9 Å². The predicted molar refractivity (Wildman–Crippen MR) is 403 cm³/mol. The van der Waals surface area contributed by atoms with E-state index in [9.17, 15) is 36.1 Å². The van der Waals surface area contributed by atoms with Crippen molar-refractivity contribution in [1.29, 1.82) is 0 Å². The number of rotatable bonds is 12. The Kier molecular flexibility index (Phi) is 21.1. The first-order valence-corrected chi connectivity index (χ1v) is 34.3. The third-order valence-corrected chi connectivity index (χ3v) is 20.4. The molecule has 13 heteroatoms. The molecule has 4 aromatic rings. The molecule has 8 N–H and O–H groups in total. The minimum absolute atomic E-state index is 0. The summed E-state index contributed by atoms with van der Waals surface area (Å²) in [6.45, 7) is 42.7. The van der Waals surface area contributed by atoms with Crippen molar-refractivity contribution in [3.05, 3.63) is 218 Å². The van der Waals surface area contributed by atoms with Crippen molar-refractivity contribution in [2.75, 3.05) is 21.3 Å². The number of hydrogen-bond acceptors (Lipinski definition) is 5. The molecule has 4 atom stereocenters. The Morgan fingerprint density at radius 2 is 0.794 bits per heavy atom. The van der Waals surface area contributed by atoms with Gasteiger partial charge in [-0.25, -0.2) is 0 Å². The molecule has 0 bridgehead atoms. The van der Waals surface area contributed by atoms with Crippen LogP contribution in [0.2, 0.25) is 0 Å². The van der Waals surface area contributed by atoms with Crippen molar-refractivity contribution >= 4 is 74.4 Å². The smallest absolute Gasteiger partial charge is 0.803 e. The third kappa shape index (κ3) is 17.7. The fourth-order valence-electron chi connectivity index (χ4n) is 12.7. The van der Waals surface area contributed by atoms with Crippen LogP contribution in [0, 0.1) is 45.3 Å². The van der Waals surface area contributed by atoms with E-state index in [1.807, 2.05) is 30.4 Å². The van der Waals surface area contributed by atoms with Gasteiger partial charge in [-0.2, -0.15) is 0 Å². The molecule has 5 aliphatic rings. The van der Waals surface area contributed by atoms with E-state index in [1.54, 1.807) is 72.9 Å². The largest absolute Gasteiger partial charge is 3.00 e. The second-order valence-electron chi connectivity index (χ2n) is 34.6. The molecule has 5 aliphatic carbocycles. The van der Waals surface area contributed by atoms with Crippen LogP contribution in [0.4, 0.5) is 22.7 Å². The van der Waals surface area contributed by atoms with E-state index < -0.39 is 0 Å². The molecule has 0 aromatic heterocycles. The SMILES string of the molecule is CC(C)(C)c1cc(C2=C\C=C/C(=[N-])/C(c3c(NC(=O)[C@H]4CC4(C)C)cccc3NC(=O)[C@H]3CC3(C)C)=C(N)/C=C\C=C(/c3cc(C(C)(C)C)cc(C(C)(C)C)c3)C/C=C\C([NH-])=C(c3c(NC(=O)[C@H]4CC4(C)C)cccc3NC(=O)[C@H]3CC3(C)C)\C([NH-])=C\C=C\2)cc(C(C)(C)C)c1.[Co+3]. The molecule has 12 nitrogen and oxygen atoms in total. The van der Waals surface area contributed by atoms with Crippen LogP contribution in [0.1, 0.15) is 215 Å². The molecular formula is C84H105CoN8O4. The van der Waals surface area contributed by atoms with Crippen molar-refractivity contribution in [2.45, 2.75) is 192 Å². The van der Waals surface area contributed by atoms with E-state index in [0.717, 1.165) is 39.0 Å². The van der Waals surface area contributed by atoms with Crippen LogP contribution in [0.15, 0.2) is 157 Å². The second kappa shape index (κ2) is 27.4. The number of carbonyl (C=O) groups is 4. The summed E-state index contributed by atoms with van der Waals surface area (Å²) in [6, 6.07) is 23.9. The van der Waals surface area contributed by atoms with Gasteiger partial charge in [0.2, 0.25) is 23.6 Å². The van der Waals surface area contributed by atoms with Gasteiger partial charge in [-0.1, -0.05) is 248 Å². The van der Waals surface area contributed by atoms with Crippen LogP contribution in [-0.2, 0) is 57.6 Å². The number of allylic oxidation sites excluding steroid dienone is 15. The van der Waals surface area contributed by atoms with Gasteiger partial charge in [0.05, 0.1) is 22.7 Å².